The fourth-order valence-electron chi connectivity index (χ4n) is 4.44. The van der Waals surface area contributed by atoms with E-state index in [1.807, 2.05) is 0 Å². The number of halogens is 1. The number of benzene rings is 1. The van der Waals surface area contributed by atoms with Gasteiger partial charge in [0.15, 0.2) is 0 Å². The second-order valence-electron chi connectivity index (χ2n) is 6.38. The van der Waals surface area contributed by atoms with E-state index in [1.165, 1.54) is 48.6 Å². The molecule has 0 aliphatic heterocycles. The van der Waals surface area contributed by atoms with E-state index >= 15 is 0 Å². The molecule has 2 aliphatic rings. The third kappa shape index (κ3) is 2.04. The zero-order valence-corrected chi connectivity index (χ0v) is 12.7. The van der Waals surface area contributed by atoms with Crippen LogP contribution in [0.2, 0.25) is 0 Å². The maximum Gasteiger partial charge on any atom is 0.0175 e. The smallest absolute Gasteiger partial charge is 0.0175 e. The summed E-state index contributed by atoms with van der Waals surface area (Å²) in [5.74, 6) is 0. The molecule has 18 heavy (non-hydrogen) atoms. The van der Waals surface area contributed by atoms with Crippen molar-refractivity contribution in [3.05, 3.63) is 34.3 Å². The molecule has 1 N–H and O–H groups in total. The van der Waals surface area contributed by atoms with Crippen molar-refractivity contribution in [1.82, 2.24) is 5.32 Å². The van der Waals surface area contributed by atoms with Crippen LogP contribution in [-0.2, 0) is 5.41 Å². The van der Waals surface area contributed by atoms with Crippen LogP contribution in [0, 0.1) is 5.41 Å². The minimum Gasteiger partial charge on any atom is -0.319 e. The number of nitrogens with one attached hydrogen (secondary N) is 1. The van der Waals surface area contributed by atoms with Gasteiger partial charge in [0.2, 0.25) is 0 Å². The van der Waals surface area contributed by atoms with Crippen molar-refractivity contribution in [3.63, 3.8) is 0 Å². The van der Waals surface area contributed by atoms with E-state index in [1.54, 1.807) is 0 Å². The largest absolute Gasteiger partial charge is 0.319 e. The molecule has 0 atom stereocenters. The highest BCUT2D eigenvalue weighted by molar-refractivity contribution is 9.10. The number of hydrogen-bond donors (Lipinski definition) is 1. The molecule has 98 valence electrons. The first-order chi connectivity index (χ1) is 8.68. The Labute approximate surface area is 118 Å². The minimum atomic E-state index is 0.403. The summed E-state index contributed by atoms with van der Waals surface area (Å²) in [6.45, 7) is 1.12. The Balaban J connectivity index is 1.83. The fraction of sp³-hybridized carbons (Fsp3) is 0.625. The summed E-state index contributed by atoms with van der Waals surface area (Å²) in [5.41, 5.74) is 2.63. The third-order valence-corrected chi connectivity index (χ3v) is 5.59. The van der Waals surface area contributed by atoms with E-state index in [0.29, 0.717) is 10.8 Å². The maximum atomic E-state index is 3.54. The molecule has 3 rings (SSSR count). The molecule has 2 saturated carbocycles. The van der Waals surface area contributed by atoms with Gasteiger partial charge in [-0.05, 0) is 55.8 Å². The first-order valence-electron chi connectivity index (χ1n) is 7.09. The number of rotatable bonds is 3. The van der Waals surface area contributed by atoms with Crippen molar-refractivity contribution in [2.45, 2.75) is 43.9 Å². The Morgan fingerprint density at radius 3 is 2.28 bits per heavy atom. The van der Waals surface area contributed by atoms with Crippen LogP contribution in [0.25, 0.3) is 0 Å². The second-order valence-corrected chi connectivity index (χ2v) is 7.29. The summed E-state index contributed by atoms with van der Waals surface area (Å²) in [5, 5.41) is 3.42. The Morgan fingerprint density at radius 1 is 1.11 bits per heavy atom. The molecular weight excluding hydrogens is 286 g/mol. The minimum absolute atomic E-state index is 0.403. The van der Waals surface area contributed by atoms with E-state index in [2.05, 4.69) is 52.6 Å². The molecular formula is C16H22BrN. The monoisotopic (exact) mass is 307 g/mol. The number of likely N-dealkylation sites (N-methyl/N-ethyl adjacent to an activating group) is 1. The predicted molar refractivity (Wildman–Crippen MR) is 79.9 cm³/mol. The first kappa shape index (κ1) is 12.7. The quantitative estimate of drug-likeness (QED) is 0.880. The highest BCUT2D eigenvalue weighted by Gasteiger charge is 2.55. The van der Waals surface area contributed by atoms with Gasteiger partial charge in [-0.25, -0.2) is 0 Å². The molecule has 1 aromatic carbocycles. The first-order valence-corrected chi connectivity index (χ1v) is 7.88. The topological polar surface area (TPSA) is 12.0 Å². The second kappa shape index (κ2) is 4.64. The van der Waals surface area contributed by atoms with Crippen LogP contribution in [0.1, 0.15) is 44.1 Å². The van der Waals surface area contributed by atoms with Crippen LogP contribution in [0.5, 0.6) is 0 Å². The Kier molecular flexibility index (Phi) is 3.27. The van der Waals surface area contributed by atoms with Crippen molar-refractivity contribution in [1.29, 1.82) is 0 Å². The van der Waals surface area contributed by atoms with E-state index in [4.69, 9.17) is 0 Å². The lowest BCUT2D eigenvalue weighted by atomic mass is 9.49. The molecule has 0 heterocycles. The third-order valence-electron chi connectivity index (χ3n) is 5.06. The molecule has 1 spiro atoms. The van der Waals surface area contributed by atoms with Crippen LogP contribution in [-0.4, -0.2) is 13.6 Å². The molecule has 0 radical (unpaired) electrons. The SMILES string of the molecule is CNCC1(c2ccc(Br)cc2)CC2(CCCC2)C1. The normalized spacial score (nSPS) is 24.1. The lowest BCUT2D eigenvalue weighted by molar-refractivity contribution is 0.0282. The van der Waals surface area contributed by atoms with Crippen molar-refractivity contribution in [3.8, 4) is 0 Å². The summed E-state index contributed by atoms with van der Waals surface area (Å²) >= 11 is 3.54. The molecule has 0 bridgehead atoms. The molecule has 2 aliphatic carbocycles. The molecule has 2 heteroatoms. The molecule has 1 aromatic rings. The Bertz CT molecular complexity index is 409. The van der Waals surface area contributed by atoms with Gasteiger partial charge < -0.3 is 5.32 Å². The Hall–Kier alpha value is -0.340. The van der Waals surface area contributed by atoms with Crippen LogP contribution in [0.15, 0.2) is 28.7 Å². The van der Waals surface area contributed by atoms with Gasteiger partial charge in [0.1, 0.15) is 0 Å². The van der Waals surface area contributed by atoms with Crippen LogP contribution in [0.3, 0.4) is 0 Å². The summed E-state index contributed by atoms with van der Waals surface area (Å²) in [4.78, 5) is 0. The summed E-state index contributed by atoms with van der Waals surface area (Å²) < 4.78 is 1.18. The summed E-state index contributed by atoms with van der Waals surface area (Å²) in [7, 11) is 2.08. The molecule has 0 unspecified atom stereocenters. The molecule has 0 amide bonds. The van der Waals surface area contributed by atoms with Crippen LogP contribution in [0.4, 0.5) is 0 Å². The lowest BCUT2D eigenvalue weighted by Gasteiger charge is -2.56. The van der Waals surface area contributed by atoms with Crippen LogP contribution >= 0.6 is 15.9 Å². The van der Waals surface area contributed by atoms with E-state index in [9.17, 15) is 0 Å². The van der Waals surface area contributed by atoms with Crippen LogP contribution < -0.4 is 5.32 Å². The molecule has 0 aromatic heterocycles. The average Bonchev–Trinajstić information content (AvgIpc) is 2.78. The van der Waals surface area contributed by atoms with Gasteiger partial charge in [-0.3, -0.25) is 0 Å². The van der Waals surface area contributed by atoms with Crippen molar-refractivity contribution in [2.24, 2.45) is 5.41 Å². The van der Waals surface area contributed by atoms with Gasteiger partial charge in [-0.15, -0.1) is 0 Å². The van der Waals surface area contributed by atoms with Crippen molar-refractivity contribution >= 4 is 15.9 Å². The van der Waals surface area contributed by atoms with Crippen molar-refractivity contribution < 1.29 is 0 Å². The lowest BCUT2D eigenvalue weighted by Crippen LogP contribution is -2.53. The van der Waals surface area contributed by atoms with Gasteiger partial charge in [0, 0.05) is 16.4 Å². The van der Waals surface area contributed by atoms with Gasteiger partial charge in [0.25, 0.3) is 0 Å². The predicted octanol–water partition coefficient (Wildman–Crippen LogP) is 4.26. The molecule has 1 nitrogen and oxygen atoms in total. The fourth-order valence-corrected chi connectivity index (χ4v) is 4.70. The summed E-state index contributed by atoms with van der Waals surface area (Å²) in [6, 6.07) is 8.99. The standard InChI is InChI=1S/C16H22BrN/c1-18-12-16(13-4-6-14(17)7-5-13)10-15(11-16)8-2-3-9-15/h4-7,18H,2-3,8-12H2,1H3. The van der Waals surface area contributed by atoms with Crippen molar-refractivity contribution in [2.75, 3.05) is 13.6 Å². The molecule has 2 fully saturated rings. The summed E-state index contributed by atoms with van der Waals surface area (Å²) in [6.07, 6.45) is 8.63. The van der Waals surface area contributed by atoms with E-state index < -0.39 is 0 Å². The molecule has 0 saturated heterocycles. The Morgan fingerprint density at radius 2 is 1.72 bits per heavy atom. The average molecular weight is 308 g/mol. The van der Waals surface area contributed by atoms with Gasteiger partial charge in [-0.1, -0.05) is 40.9 Å². The zero-order valence-electron chi connectivity index (χ0n) is 11.1. The van der Waals surface area contributed by atoms with Gasteiger partial charge in [0.05, 0.1) is 0 Å². The van der Waals surface area contributed by atoms with Gasteiger partial charge in [-0.2, -0.15) is 0 Å². The zero-order chi connectivity index (χ0) is 12.6. The van der Waals surface area contributed by atoms with E-state index in [0.717, 1.165) is 6.54 Å². The van der Waals surface area contributed by atoms with E-state index in [-0.39, 0.29) is 0 Å². The van der Waals surface area contributed by atoms with Gasteiger partial charge >= 0.3 is 0 Å². The highest BCUT2D eigenvalue weighted by atomic mass is 79.9. The highest BCUT2D eigenvalue weighted by Crippen LogP contribution is 2.62. The number of hydrogen-bond acceptors (Lipinski definition) is 1. The maximum absolute atomic E-state index is 3.54.